The van der Waals surface area contributed by atoms with Gasteiger partial charge < -0.3 is 10.1 Å². The van der Waals surface area contributed by atoms with Gasteiger partial charge in [0.25, 0.3) is 0 Å². The zero-order valence-corrected chi connectivity index (χ0v) is 12.2. The molecule has 0 radical (unpaired) electrons. The summed E-state index contributed by atoms with van der Waals surface area (Å²) in [4.78, 5) is 0. The minimum Gasteiger partial charge on any atom is -0.494 e. The molecule has 0 bridgehead atoms. The van der Waals surface area contributed by atoms with E-state index in [1.807, 2.05) is 38.1 Å². The summed E-state index contributed by atoms with van der Waals surface area (Å²) in [5.41, 5.74) is 1.82. The summed E-state index contributed by atoms with van der Waals surface area (Å²) in [5, 5.41) is 3.41. The maximum Gasteiger partial charge on any atom is 0.141 e. The molecule has 2 rings (SSSR count). The maximum atomic E-state index is 13.1. The summed E-state index contributed by atoms with van der Waals surface area (Å²) in [6.07, 6.45) is 0. The van der Waals surface area contributed by atoms with Gasteiger partial charge in [-0.2, -0.15) is 0 Å². The van der Waals surface area contributed by atoms with Gasteiger partial charge in [0.1, 0.15) is 11.6 Å². The van der Waals surface area contributed by atoms with Gasteiger partial charge in [-0.15, -0.1) is 0 Å². The Labute approximate surface area is 123 Å². The molecule has 0 aromatic heterocycles. The fourth-order valence-electron chi connectivity index (χ4n) is 2.04. The van der Waals surface area contributed by atoms with Crippen LogP contribution in [0.1, 0.15) is 25.5 Å². The molecule has 4 heteroatoms. The van der Waals surface area contributed by atoms with Crippen molar-refractivity contribution in [3.05, 3.63) is 58.9 Å². The molecule has 0 saturated heterocycles. The Morgan fingerprint density at radius 3 is 2.70 bits per heavy atom. The van der Waals surface area contributed by atoms with E-state index in [2.05, 4.69) is 5.32 Å². The normalized spacial score (nSPS) is 12.0. The monoisotopic (exact) mass is 293 g/mol. The predicted octanol–water partition coefficient (Wildman–Crippen LogP) is 5.05. The third-order valence-corrected chi connectivity index (χ3v) is 3.28. The van der Waals surface area contributed by atoms with Crippen LogP contribution >= 0.6 is 11.6 Å². The van der Waals surface area contributed by atoms with Crippen LogP contribution in [0.25, 0.3) is 0 Å². The van der Waals surface area contributed by atoms with Gasteiger partial charge in [-0.25, -0.2) is 4.39 Å². The number of benzene rings is 2. The van der Waals surface area contributed by atoms with Gasteiger partial charge in [0.2, 0.25) is 0 Å². The van der Waals surface area contributed by atoms with E-state index in [9.17, 15) is 4.39 Å². The average molecular weight is 294 g/mol. The van der Waals surface area contributed by atoms with Crippen molar-refractivity contribution in [3.8, 4) is 5.75 Å². The van der Waals surface area contributed by atoms with Crippen LogP contribution in [0.5, 0.6) is 5.75 Å². The lowest BCUT2D eigenvalue weighted by Crippen LogP contribution is -2.09. The molecule has 2 aromatic carbocycles. The fraction of sp³-hybridized carbons (Fsp3) is 0.250. The van der Waals surface area contributed by atoms with Crippen molar-refractivity contribution in [2.45, 2.75) is 19.9 Å². The second-order valence-electron chi connectivity index (χ2n) is 4.47. The maximum absolute atomic E-state index is 13.1. The quantitative estimate of drug-likeness (QED) is 0.833. The summed E-state index contributed by atoms with van der Waals surface area (Å²) < 4.78 is 18.8. The number of hydrogen-bond acceptors (Lipinski definition) is 2. The molecule has 0 heterocycles. The Hall–Kier alpha value is -1.74. The second-order valence-corrected chi connectivity index (χ2v) is 4.87. The molecule has 0 fully saturated rings. The van der Waals surface area contributed by atoms with E-state index in [-0.39, 0.29) is 11.1 Å². The van der Waals surface area contributed by atoms with Crippen LogP contribution in [0.2, 0.25) is 5.02 Å². The van der Waals surface area contributed by atoms with Crippen LogP contribution in [-0.2, 0) is 0 Å². The van der Waals surface area contributed by atoms with Gasteiger partial charge in [0.05, 0.1) is 17.7 Å². The van der Waals surface area contributed by atoms with Gasteiger partial charge in [-0.1, -0.05) is 29.8 Å². The molecule has 1 unspecified atom stereocenters. The molecule has 106 valence electrons. The number of rotatable bonds is 5. The Balaban J connectivity index is 2.19. The molecule has 0 aliphatic heterocycles. The lowest BCUT2D eigenvalue weighted by atomic mass is 10.1. The smallest absolute Gasteiger partial charge is 0.141 e. The summed E-state index contributed by atoms with van der Waals surface area (Å²) in [5.74, 6) is 0.433. The minimum absolute atomic E-state index is 0.0271. The van der Waals surface area contributed by atoms with Crippen LogP contribution in [0, 0.1) is 5.82 Å². The van der Waals surface area contributed by atoms with Crippen LogP contribution in [-0.4, -0.2) is 6.61 Å². The Morgan fingerprint density at radius 1 is 1.25 bits per heavy atom. The summed E-state index contributed by atoms with van der Waals surface area (Å²) >= 11 is 5.78. The van der Waals surface area contributed by atoms with Crippen LogP contribution < -0.4 is 10.1 Å². The van der Waals surface area contributed by atoms with Crippen LogP contribution in [0.4, 0.5) is 10.1 Å². The standard InChI is InChI=1S/C16H17ClFNO/c1-3-20-16-7-5-4-6-13(16)11(2)19-12-8-9-15(18)14(17)10-12/h4-11,19H,3H2,1-2H3. The number of hydrogen-bond donors (Lipinski definition) is 1. The van der Waals surface area contributed by atoms with Crippen LogP contribution in [0.3, 0.4) is 0 Å². The number of para-hydroxylation sites is 1. The molecule has 1 atom stereocenters. The van der Waals surface area contributed by atoms with E-state index in [0.29, 0.717) is 6.61 Å². The van der Waals surface area contributed by atoms with E-state index in [1.54, 1.807) is 12.1 Å². The zero-order valence-electron chi connectivity index (χ0n) is 11.5. The SMILES string of the molecule is CCOc1ccccc1C(C)Nc1ccc(F)c(Cl)c1. The van der Waals surface area contributed by atoms with Crippen molar-refractivity contribution >= 4 is 17.3 Å². The van der Waals surface area contributed by atoms with Crippen molar-refractivity contribution in [2.75, 3.05) is 11.9 Å². The molecule has 0 amide bonds. The van der Waals surface area contributed by atoms with Gasteiger partial charge in [-0.05, 0) is 38.1 Å². The third kappa shape index (κ3) is 3.42. The second kappa shape index (κ2) is 6.62. The first-order valence-corrected chi connectivity index (χ1v) is 6.93. The summed E-state index contributed by atoms with van der Waals surface area (Å²) in [6, 6.07) is 12.5. The molecule has 0 saturated carbocycles. The van der Waals surface area contributed by atoms with E-state index in [0.717, 1.165) is 17.0 Å². The lowest BCUT2D eigenvalue weighted by Gasteiger charge is -2.19. The van der Waals surface area contributed by atoms with Gasteiger partial charge in [0, 0.05) is 11.3 Å². The number of ether oxygens (including phenoxy) is 1. The minimum atomic E-state index is -0.417. The molecule has 2 aromatic rings. The van der Waals surface area contributed by atoms with E-state index < -0.39 is 5.82 Å². The van der Waals surface area contributed by atoms with E-state index in [4.69, 9.17) is 16.3 Å². The average Bonchev–Trinajstić information content (AvgIpc) is 2.44. The summed E-state index contributed by atoms with van der Waals surface area (Å²) in [6.45, 7) is 4.59. The van der Waals surface area contributed by atoms with Gasteiger partial charge in [0.15, 0.2) is 0 Å². The first kappa shape index (κ1) is 14.7. The number of nitrogens with one attached hydrogen (secondary N) is 1. The molecule has 2 nitrogen and oxygen atoms in total. The topological polar surface area (TPSA) is 21.3 Å². The molecular weight excluding hydrogens is 277 g/mol. The van der Waals surface area contributed by atoms with Gasteiger partial charge in [-0.3, -0.25) is 0 Å². The first-order valence-electron chi connectivity index (χ1n) is 6.55. The van der Waals surface area contributed by atoms with Crippen molar-refractivity contribution < 1.29 is 9.13 Å². The fourth-order valence-corrected chi connectivity index (χ4v) is 2.22. The largest absolute Gasteiger partial charge is 0.494 e. The Kier molecular flexibility index (Phi) is 4.85. The van der Waals surface area contributed by atoms with Crippen molar-refractivity contribution in [1.29, 1.82) is 0 Å². The van der Waals surface area contributed by atoms with Crippen molar-refractivity contribution in [1.82, 2.24) is 0 Å². The highest BCUT2D eigenvalue weighted by Gasteiger charge is 2.11. The van der Waals surface area contributed by atoms with Gasteiger partial charge >= 0.3 is 0 Å². The van der Waals surface area contributed by atoms with Crippen molar-refractivity contribution in [2.24, 2.45) is 0 Å². The third-order valence-electron chi connectivity index (χ3n) is 2.99. The lowest BCUT2D eigenvalue weighted by molar-refractivity contribution is 0.335. The summed E-state index contributed by atoms with van der Waals surface area (Å²) in [7, 11) is 0. The first-order chi connectivity index (χ1) is 9.61. The molecule has 0 aliphatic rings. The van der Waals surface area contributed by atoms with Crippen LogP contribution in [0.15, 0.2) is 42.5 Å². The molecular formula is C16H17ClFNO. The number of anilines is 1. The molecule has 0 spiro atoms. The van der Waals surface area contributed by atoms with E-state index in [1.165, 1.54) is 6.07 Å². The highest BCUT2D eigenvalue weighted by atomic mass is 35.5. The predicted molar refractivity (Wildman–Crippen MR) is 81.1 cm³/mol. The molecule has 0 aliphatic carbocycles. The highest BCUT2D eigenvalue weighted by molar-refractivity contribution is 6.31. The highest BCUT2D eigenvalue weighted by Crippen LogP contribution is 2.29. The molecule has 1 N–H and O–H groups in total. The Bertz CT molecular complexity index is 588. The van der Waals surface area contributed by atoms with E-state index >= 15 is 0 Å². The van der Waals surface area contributed by atoms with Crippen molar-refractivity contribution in [3.63, 3.8) is 0 Å². The zero-order chi connectivity index (χ0) is 14.5. The number of halogens is 2. The Morgan fingerprint density at radius 2 is 2.00 bits per heavy atom. The molecule has 20 heavy (non-hydrogen) atoms.